The van der Waals surface area contributed by atoms with Crippen LogP contribution in [-0.4, -0.2) is 24.2 Å². The fourth-order valence-corrected chi connectivity index (χ4v) is 2.81. The zero-order valence-electron chi connectivity index (χ0n) is 14.6. The number of anilines is 1. The van der Waals surface area contributed by atoms with Crippen LogP contribution < -0.4 is 10.8 Å². The lowest BCUT2D eigenvalue weighted by Gasteiger charge is -2.32. The van der Waals surface area contributed by atoms with Crippen molar-refractivity contribution < 1.29 is 14.1 Å². The van der Waals surface area contributed by atoms with Crippen LogP contribution in [0.1, 0.15) is 40.5 Å². The molecule has 1 aromatic carbocycles. The van der Waals surface area contributed by atoms with Crippen molar-refractivity contribution in [3.63, 3.8) is 0 Å². The number of carbonyl (C=O) groups is 1. The van der Waals surface area contributed by atoms with Crippen LogP contribution in [0.15, 0.2) is 30.4 Å². The van der Waals surface area contributed by atoms with Gasteiger partial charge in [0.05, 0.1) is 21.9 Å². The maximum atomic E-state index is 12.1. The molecule has 1 amide bonds. The molecule has 4 nitrogen and oxygen atoms in total. The second-order valence-electron chi connectivity index (χ2n) is 7.58. The first kappa shape index (κ1) is 17.5. The molecule has 0 unspecified atom stereocenters. The minimum Gasteiger partial charge on any atom is -0.399 e. The van der Waals surface area contributed by atoms with Crippen LogP contribution in [0.25, 0.3) is 0 Å². The predicted octanol–water partition coefficient (Wildman–Crippen LogP) is 3.54. The summed E-state index contributed by atoms with van der Waals surface area (Å²) in [5.74, 6) is 0.163. The molecule has 0 spiro atoms. The van der Waals surface area contributed by atoms with Gasteiger partial charge in [-0.3, -0.25) is 4.79 Å². The molecule has 128 valence electrons. The Morgan fingerprint density at radius 2 is 1.83 bits per heavy atom. The largest absolute Gasteiger partial charge is 0.494 e. The van der Waals surface area contributed by atoms with Crippen LogP contribution in [0.2, 0.25) is 5.02 Å². The summed E-state index contributed by atoms with van der Waals surface area (Å²) in [6, 6.07) is 5.42. The normalized spacial score (nSPS) is 21.6. The van der Waals surface area contributed by atoms with E-state index in [-0.39, 0.29) is 5.91 Å². The third-order valence-electron chi connectivity index (χ3n) is 5.13. The molecule has 0 atom stereocenters. The molecule has 1 aromatic rings. The van der Waals surface area contributed by atoms with Crippen molar-refractivity contribution in [2.75, 3.05) is 5.32 Å². The number of nitrogens with one attached hydrogen (secondary N) is 1. The van der Waals surface area contributed by atoms with Crippen molar-refractivity contribution in [1.82, 2.24) is 0 Å². The van der Waals surface area contributed by atoms with Crippen molar-refractivity contribution in [1.29, 1.82) is 0 Å². The maximum absolute atomic E-state index is 12.1. The van der Waals surface area contributed by atoms with Crippen molar-refractivity contribution in [3.8, 4) is 0 Å². The molecule has 6 heteroatoms. The number of halogens is 1. The Balaban J connectivity index is 1.73. The number of rotatable bonds is 4. The van der Waals surface area contributed by atoms with Gasteiger partial charge in [0, 0.05) is 5.57 Å². The van der Waals surface area contributed by atoms with Gasteiger partial charge in [0.25, 0.3) is 5.91 Å². The first-order valence-corrected chi connectivity index (χ1v) is 8.64. The van der Waals surface area contributed by atoms with E-state index in [0.29, 0.717) is 22.2 Å². The standard InChI is InChI=1S/C18H23BClNO3/c1-11(12-6-7-12)16(22)21-15-9-8-13(10-14(15)20)19-23-17(2,3)18(4,5)24-19/h8-10,12H,1,6-7H2,2-5H3,(H,21,22). The zero-order valence-corrected chi connectivity index (χ0v) is 15.4. The molecule has 1 N–H and O–H groups in total. The van der Waals surface area contributed by atoms with Gasteiger partial charge in [-0.25, -0.2) is 0 Å². The molecule has 0 bridgehead atoms. The van der Waals surface area contributed by atoms with Gasteiger partial charge in [0.2, 0.25) is 0 Å². The highest BCUT2D eigenvalue weighted by molar-refractivity contribution is 6.62. The van der Waals surface area contributed by atoms with Crippen molar-refractivity contribution in [3.05, 3.63) is 35.4 Å². The molecule has 1 heterocycles. The number of hydrogen-bond acceptors (Lipinski definition) is 3. The van der Waals surface area contributed by atoms with E-state index in [1.165, 1.54) is 0 Å². The first-order valence-electron chi connectivity index (χ1n) is 8.26. The molecule has 2 fully saturated rings. The van der Waals surface area contributed by atoms with Gasteiger partial charge in [-0.2, -0.15) is 0 Å². The van der Waals surface area contributed by atoms with Gasteiger partial charge in [0.15, 0.2) is 0 Å². The van der Waals surface area contributed by atoms with Gasteiger partial charge in [-0.05, 0) is 64.1 Å². The lowest BCUT2D eigenvalue weighted by Crippen LogP contribution is -2.41. The van der Waals surface area contributed by atoms with E-state index >= 15 is 0 Å². The van der Waals surface area contributed by atoms with E-state index < -0.39 is 18.3 Å². The van der Waals surface area contributed by atoms with Gasteiger partial charge >= 0.3 is 7.12 Å². The van der Waals surface area contributed by atoms with Crippen LogP contribution >= 0.6 is 11.6 Å². The van der Waals surface area contributed by atoms with E-state index in [1.54, 1.807) is 12.1 Å². The Kier molecular flexibility index (Phi) is 4.31. The molecule has 0 radical (unpaired) electrons. The highest BCUT2D eigenvalue weighted by atomic mass is 35.5. The second kappa shape index (κ2) is 5.90. The van der Waals surface area contributed by atoms with E-state index in [2.05, 4.69) is 11.9 Å². The van der Waals surface area contributed by atoms with Crippen LogP contribution in [0, 0.1) is 5.92 Å². The van der Waals surface area contributed by atoms with Gasteiger partial charge in [-0.1, -0.05) is 24.2 Å². The third kappa shape index (κ3) is 3.25. The van der Waals surface area contributed by atoms with E-state index in [1.807, 2.05) is 33.8 Å². The molecule has 1 aliphatic carbocycles. The topological polar surface area (TPSA) is 47.6 Å². The van der Waals surface area contributed by atoms with Crippen molar-refractivity contribution in [2.24, 2.45) is 5.92 Å². The van der Waals surface area contributed by atoms with Crippen LogP contribution in [-0.2, 0) is 14.1 Å². The molecule has 1 aliphatic heterocycles. The minimum atomic E-state index is -0.473. The Morgan fingerprint density at radius 1 is 1.25 bits per heavy atom. The summed E-state index contributed by atoms with van der Waals surface area (Å²) >= 11 is 6.34. The number of hydrogen-bond donors (Lipinski definition) is 1. The van der Waals surface area contributed by atoms with E-state index in [0.717, 1.165) is 18.3 Å². The predicted molar refractivity (Wildman–Crippen MR) is 97.7 cm³/mol. The van der Waals surface area contributed by atoms with E-state index in [4.69, 9.17) is 20.9 Å². The third-order valence-corrected chi connectivity index (χ3v) is 5.44. The minimum absolute atomic E-state index is 0.164. The summed E-state index contributed by atoms with van der Waals surface area (Å²) in [7, 11) is -0.473. The average molecular weight is 348 g/mol. The summed E-state index contributed by atoms with van der Waals surface area (Å²) < 4.78 is 12.0. The highest BCUT2D eigenvalue weighted by Crippen LogP contribution is 2.37. The van der Waals surface area contributed by atoms with Crippen LogP contribution in [0.3, 0.4) is 0 Å². The second-order valence-corrected chi connectivity index (χ2v) is 7.99. The van der Waals surface area contributed by atoms with Crippen LogP contribution in [0.5, 0.6) is 0 Å². The van der Waals surface area contributed by atoms with Crippen LogP contribution in [0.4, 0.5) is 5.69 Å². The Labute approximate surface area is 148 Å². The molecule has 1 saturated carbocycles. The molecule has 24 heavy (non-hydrogen) atoms. The summed E-state index contributed by atoms with van der Waals surface area (Å²) in [5.41, 5.74) is 1.22. The van der Waals surface area contributed by atoms with Gasteiger partial charge in [-0.15, -0.1) is 0 Å². The Morgan fingerprint density at radius 3 is 2.33 bits per heavy atom. The molecular formula is C18H23BClNO3. The monoisotopic (exact) mass is 347 g/mol. The Hall–Kier alpha value is -1.30. The lowest BCUT2D eigenvalue weighted by atomic mass is 9.79. The molecular weight excluding hydrogens is 324 g/mol. The smallest absolute Gasteiger partial charge is 0.399 e. The Bertz CT molecular complexity index is 682. The van der Waals surface area contributed by atoms with Crippen molar-refractivity contribution in [2.45, 2.75) is 51.7 Å². The number of amides is 1. The van der Waals surface area contributed by atoms with Gasteiger partial charge < -0.3 is 14.6 Å². The first-order chi connectivity index (χ1) is 11.1. The molecule has 3 rings (SSSR count). The zero-order chi connectivity index (χ0) is 17.7. The summed E-state index contributed by atoms with van der Waals surface area (Å²) in [6.45, 7) is 11.9. The van der Waals surface area contributed by atoms with E-state index in [9.17, 15) is 4.79 Å². The molecule has 2 aliphatic rings. The number of carbonyl (C=O) groups excluding carboxylic acids is 1. The summed E-state index contributed by atoms with van der Waals surface area (Å²) in [4.78, 5) is 12.1. The fourth-order valence-electron chi connectivity index (χ4n) is 2.58. The maximum Gasteiger partial charge on any atom is 0.494 e. The lowest BCUT2D eigenvalue weighted by molar-refractivity contribution is -0.113. The number of benzene rings is 1. The summed E-state index contributed by atoms with van der Waals surface area (Å²) in [6.07, 6.45) is 2.09. The average Bonchev–Trinajstić information content (AvgIpc) is 3.28. The molecule has 1 saturated heterocycles. The quantitative estimate of drug-likeness (QED) is 0.669. The van der Waals surface area contributed by atoms with Crippen molar-refractivity contribution >= 4 is 35.8 Å². The fraction of sp³-hybridized carbons (Fsp3) is 0.500. The van der Waals surface area contributed by atoms with Gasteiger partial charge in [0.1, 0.15) is 0 Å². The SMILES string of the molecule is C=C(C(=O)Nc1ccc(B2OC(C)(C)C(C)(C)O2)cc1Cl)C1CC1. The summed E-state index contributed by atoms with van der Waals surface area (Å²) in [5, 5.41) is 3.29. The molecule has 0 aromatic heterocycles. The highest BCUT2D eigenvalue weighted by Gasteiger charge is 2.51.